The van der Waals surface area contributed by atoms with Gasteiger partial charge in [-0.2, -0.15) is 4.98 Å². The molecule has 1 aromatic heterocycles. The van der Waals surface area contributed by atoms with Gasteiger partial charge in [-0.15, -0.1) is 0 Å². The summed E-state index contributed by atoms with van der Waals surface area (Å²) >= 11 is 0. The van der Waals surface area contributed by atoms with Crippen molar-refractivity contribution in [2.24, 2.45) is 0 Å². The van der Waals surface area contributed by atoms with Gasteiger partial charge in [0.1, 0.15) is 0 Å². The quantitative estimate of drug-likeness (QED) is 0.833. The molecule has 112 valence electrons. The van der Waals surface area contributed by atoms with Gasteiger partial charge in [0.15, 0.2) is 5.82 Å². The molecular weight excluding hydrogens is 256 g/mol. The molecule has 1 aliphatic heterocycles. The second-order valence-corrected chi connectivity index (χ2v) is 5.88. The molecule has 6 heteroatoms. The highest BCUT2D eigenvalue weighted by molar-refractivity contribution is 5.01. The van der Waals surface area contributed by atoms with Crippen LogP contribution in [0.2, 0.25) is 0 Å². The number of piperazine rings is 1. The first-order valence-corrected chi connectivity index (χ1v) is 7.70. The molecule has 2 aliphatic rings. The first-order chi connectivity index (χ1) is 9.80. The summed E-state index contributed by atoms with van der Waals surface area (Å²) in [7, 11) is 0. The molecule has 0 amide bonds. The van der Waals surface area contributed by atoms with E-state index in [-0.39, 0.29) is 6.61 Å². The zero-order valence-electron chi connectivity index (χ0n) is 12.2. The van der Waals surface area contributed by atoms with Crippen LogP contribution in [-0.2, 0) is 6.54 Å². The van der Waals surface area contributed by atoms with E-state index in [2.05, 4.69) is 26.9 Å². The van der Waals surface area contributed by atoms with E-state index in [9.17, 15) is 5.11 Å². The average molecular weight is 280 g/mol. The molecule has 1 aliphatic carbocycles. The lowest BCUT2D eigenvalue weighted by Gasteiger charge is -2.37. The van der Waals surface area contributed by atoms with Gasteiger partial charge in [-0.3, -0.25) is 9.80 Å². The standard InChI is InChI=1S/C14H24N4O2/c1-2-12(10-19)18-7-5-17(6-8-18)9-13-15-14(20-16-13)11-3-4-11/h11-12,19H,2-10H2,1H3. The number of rotatable bonds is 6. The van der Waals surface area contributed by atoms with E-state index in [4.69, 9.17) is 4.52 Å². The maximum Gasteiger partial charge on any atom is 0.229 e. The Kier molecular flexibility index (Phi) is 4.33. The van der Waals surface area contributed by atoms with Gasteiger partial charge in [0, 0.05) is 38.1 Å². The first-order valence-electron chi connectivity index (χ1n) is 7.70. The molecule has 20 heavy (non-hydrogen) atoms. The molecule has 1 aromatic rings. The van der Waals surface area contributed by atoms with E-state index in [1.165, 1.54) is 12.8 Å². The summed E-state index contributed by atoms with van der Waals surface area (Å²) < 4.78 is 5.29. The summed E-state index contributed by atoms with van der Waals surface area (Å²) in [6, 6.07) is 0.309. The minimum absolute atomic E-state index is 0.256. The highest BCUT2D eigenvalue weighted by Crippen LogP contribution is 2.38. The van der Waals surface area contributed by atoms with Crippen molar-refractivity contribution in [2.45, 2.75) is 44.7 Å². The number of aliphatic hydroxyl groups is 1. The third-order valence-electron chi connectivity index (χ3n) is 4.38. The van der Waals surface area contributed by atoms with Crippen molar-refractivity contribution >= 4 is 0 Å². The van der Waals surface area contributed by atoms with Crippen LogP contribution in [0.1, 0.15) is 43.8 Å². The Labute approximate surface area is 119 Å². The third kappa shape index (κ3) is 3.19. The minimum atomic E-state index is 0.256. The minimum Gasteiger partial charge on any atom is -0.395 e. The summed E-state index contributed by atoms with van der Waals surface area (Å²) in [4.78, 5) is 9.22. The molecule has 0 spiro atoms. The molecule has 6 nitrogen and oxygen atoms in total. The highest BCUT2D eigenvalue weighted by atomic mass is 16.5. The van der Waals surface area contributed by atoms with Crippen LogP contribution in [0.5, 0.6) is 0 Å². The fourth-order valence-corrected chi connectivity index (χ4v) is 2.82. The van der Waals surface area contributed by atoms with Gasteiger partial charge in [-0.1, -0.05) is 12.1 Å². The predicted molar refractivity (Wildman–Crippen MR) is 74.3 cm³/mol. The maximum absolute atomic E-state index is 9.35. The Morgan fingerprint density at radius 3 is 2.65 bits per heavy atom. The van der Waals surface area contributed by atoms with Gasteiger partial charge in [0.25, 0.3) is 0 Å². The summed E-state index contributed by atoms with van der Waals surface area (Å²) in [5.41, 5.74) is 0. The molecule has 3 rings (SSSR count). The summed E-state index contributed by atoms with van der Waals surface area (Å²) in [5, 5.41) is 13.4. The molecule has 0 radical (unpaired) electrons. The lowest BCUT2D eigenvalue weighted by molar-refractivity contribution is 0.0596. The smallest absolute Gasteiger partial charge is 0.229 e. The van der Waals surface area contributed by atoms with Crippen molar-refractivity contribution in [3.8, 4) is 0 Å². The van der Waals surface area contributed by atoms with Gasteiger partial charge in [0.2, 0.25) is 5.89 Å². The molecule has 1 atom stereocenters. The normalized spacial score (nSPS) is 23.1. The van der Waals surface area contributed by atoms with Crippen LogP contribution in [-0.4, -0.2) is 63.9 Å². The van der Waals surface area contributed by atoms with Crippen molar-refractivity contribution in [3.63, 3.8) is 0 Å². The van der Waals surface area contributed by atoms with Crippen molar-refractivity contribution in [1.82, 2.24) is 19.9 Å². The Bertz CT molecular complexity index is 421. The topological polar surface area (TPSA) is 65.6 Å². The fourth-order valence-electron chi connectivity index (χ4n) is 2.82. The van der Waals surface area contributed by atoms with E-state index in [0.717, 1.165) is 50.9 Å². The zero-order chi connectivity index (χ0) is 13.9. The molecule has 1 unspecified atom stereocenters. The van der Waals surface area contributed by atoms with Crippen LogP contribution < -0.4 is 0 Å². The predicted octanol–water partition coefficient (Wildman–Crippen LogP) is 0.835. The average Bonchev–Trinajstić information content (AvgIpc) is 3.23. The monoisotopic (exact) mass is 280 g/mol. The first kappa shape index (κ1) is 14.0. The van der Waals surface area contributed by atoms with Crippen molar-refractivity contribution in [2.75, 3.05) is 32.8 Å². The van der Waals surface area contributed by atoms with E-state index >= 15 is 0 Å². The lowest BCUT2D eigenvalue weighted by Crippen LogP contribution is -2.50. The van der Waals surface area contributed by atoms with Crippen LogP contribution in [0, 0.1) is 0 Å². The van der Waals surface area contributed by atoms with E-state index < -0.39 is 0 Å². The number of aromatic nitrogens is 2. The Morgan fingerprint density at radius 2 is 2.05 bits per heavy atom. The lowest BCUT2D eigenvalue weighted by atomic mass is 10.1. The van der Waals surface area contributed by atoms with E-state index in [1.807, 2.05) is 0 Å². The zero-order valence-corrected chi connectivity index (χ0v) is 12.2. The SMILES string of the molecule is CCC(CO)N1CCN(Cc2noc(C3CC3)n2)CC1. The molecule has 0 bridgehead atoms. The van der Waals surface area contributed by atoms with Crippen LogP contribution in [0.15, 0.2) is 4.52 Å². The van der Waals surface area contributed by atoms with Gasteiger partial charge in [-0.25, -0.2) is 0 Å². The van der Waals surface area contributed by atoms with Gasteiger partial charge >= 0.3 is 0 Å². The van der Waals surface area contributed by atoms with Crippen molar-refractivity contribution in [1.29, 1.82) is 0 Å². The fraction of sp³-hybridized carbons (Fsp3) is 0.857. The van der Waals surface area contributed by atoms with Crippen LogP contribution in [0.25, 0.3) is 0 Å². The van der Waals surface area contributed by atoms with Crippen LogP contribution in [0.4, 0.5) is 0 Å². The molecule has 2 heterocycles. The van der Waals surface area contributed by atoms with E-state index in [1.54, 1.807) is 0 Å². The van der Waals surface area contributed by atoms with Gasteiger partial charge in [-0.05, 0) is 19.3 Å². The second kappa shape index (κ2) is 6.20. The van der Waals surface area contributed by atoms with E-state index in [0.29, 0.717) is 12.0 Å². The molecule has 0 aromatic carbocycles. The largest absolute Gasteiger partial charge is 0.395 e. The second-order valence-electron chi connectivity index (χ2n) is 5.88. The summed E-state index contributed by atoms with van der Waals surface area (Å²) in [6.07, 6.45) is 3.39. The molecule has 1 N–H and O–H groups in total. The maximum atomic E-state index is 9.35. The van der Waals surface area contributed by atoms with Gasteiger partial charge in [0.05, 0.1) is 13.2 Å². The number of hydrogen-bond acceptors (Lipinski definition) is 6. The summed E-state index contributed by atoms with van der Waals surface area (Å²) in [5.74, 6) is 2.17. The Balaban J connectivity index is 1.47. The molecule has 2 fully saturated rings. The van der Waals surface area contributed by atoms with Crippen LogP contribution in [0.3, 0.4) is 0 Å². The molecule has 1 saturated heterocycles. The van der Waals surface area contributed by atoms with Gasteiger partial charge < -0.3 is 9.63 Å². The molecule has 1 saturated carbocycles. The summed E-state index contributed by atoms with van der Waals surface area (Å²) in [6.45, 7) is 7.18. The number of hydrogen-bond donors (Lipinski definition) is 1. The highest BCUT2D eigenvalue weighted by Gasteiger charge is 2.30. The van der Waals surface area contributed by atoms with Crippen LogP contribution >= 0.6 is 0 Å². The Morgan fingerprint density at radius 1 is 1.30 bits per heavy atom. The Hall–Kier alpha value is -0.980. The third-order valence-corrected chi connectivity index (χ3v) is 4.38. The molecular formula is C14H24N4O2. The van der Waals surface area contributed by atoms with Crippen molar-refractivity contribution in [3.05, 3.63) is 11.7 Å². The van der Waals surface area contributed by atoms with Crippen molar-refractivity contribution < 1.29 is 9.63 Å². The number of aliphatic hydroxyl groups excluding tert-OH is 1. The number of nitrogens with zero attached hydrogens (tertiary/aromatic N) is 4.